The van der Waals surface area contributed by atoms with Crippen LogP contribution in [0.15, 0.2) is 88.8 Å². The molecule has 27 heavy (non-hydrogen) atoms. The van der Waals surface area contributed by atoms with Gasteiger partial charge >= 0.3 is 0 Å². The van der Waals surface area contributed by atoms with E-state index in [0.29, 0.717) is 12.3 Å². The maximum atomic E-state index is 5.82. The van der Waals surface area contributed by atoms with E-state index in [0.717, 1.165) is 22.4 Å². The van der Waals surface area contributed by atoms with Crippen LogP contribution in [0.4, 0.5) is 5.69 Å². The number of ether oxygens (including phenoxy) is 1. The summed E-state index contributed by atoms with van der Waals surface area (Å²) in [6.45, 7) is 0.536. The largest absolute Gasteiger partial charge is 0.489 e. The lowest BCUT2D eigenvalue weighted by atomic mass is 10.1. The zero-order valence-corrected chi connectivity index (χ0v) is 14.7. The minimum Gasteiger partial charge on any atom is -0.489 e. The molecule has 0 heterocycles. The Morgan fingerprint density at radius 3 is 2.22 bits per heavy atom. The van der Waals surface area contributed by atoms with E-state index in [9.17, 15) is 0 Å². The lowest BCUT2D eigenvalue weighted by Crippen LogP contribution is -2.26. The van der Waals surface area contributed by atoms with E-state index in [1.54, 1.807) is 0 Å². The molecule has 0 amide bonds. The molecule has 0 unspecified atom stereocenters. The Morgan fingerprint density at radius 1 is 0.778 bits per heavy atom. The third-order valence-corrected chi connectivity index (χ3v) is 3.77. The number of nitrogens with zero attached hydrogens (tertiary/aromatic N) is 2. The van der Waals surface area contributed by atoms with Gasteiger partial charge in [0.05, 0.1) is 5.69 Å². The molecular formula is C21H21N5O. The Kier molecular flexibility index (Phi) is 5.69. The van der Waals surface area contributed by atoms with Crippen molar-refractivity contribution in [1.82, 2.24) is 0 Å². The van der Waals surface area contributed by atoms with Gasteiger partial charge in [-0.3, -0.25) is 0 Å². The van der Waals surface area contributed by atoms with E-state index in [4.69, 9.17) is 21.9 Å². The Balaban J connectivity index is 1.71. The summed E-state index contributed by atoms with van der Waals surface area (Å²) in [5.74, 6) is 0.698. The number of benzene rings is 3. The van der Waals surface area contributed by atoms with Crippen LogP contribution in [0, 0.1) is 0 Å². The first kappa shape index (κ1) is 18.0. The van der Waals surface area contributed by atoms with Crippen molar-refractivity contribution < 1.29 is 4.74 Å². The topological polar surface area (TPSA) is 112 Å². The van der Waals surface area contributed by atoms with Crippen molar-refractivity contribution in [3.8, 4) is 16.9 Å². The number of aliphatic imine (C=N–C) groups is 2. The molecule has 0 saturated heterocycles. The molecule has 136 valence electrons. The van der Waals surface area contributed by atoms with Gasteiger partial charge in [-0.05, 0) is 41.0 Å². The van der Waals surface area contributed by atoms with E-state index in [1.807, 2.05) is 78.9 Å². The van der Waals surface area contributed by atoms with Crippen LogP contribution in [-0.2, 0) is 6.61 Å². The summed E-state index contributed by atoms with van der Waals surface area (Å²) in [6.07, 6.45) is 0. The minimum absolute atomic E-state index is 0.0109. The summed E-state index contributed by atoms with van der Waals surface area (Å²) in [6, 6.07) is 25.6. The monoisotopic (exact) mass is 359 g/mol. The highest BCUT2D eigenvalue weighted by Crippen LogP contribution is 2.26. The summed E-state index contributed by atoms with van der Waals surface area (Å²) in [4.78, 5) is 7.90. The van der Waals surface area contributed by atoms with E-state index in [2.05, 4.69) is 9.98 Å². The second-order valence-corrected chi connectivity index (χ2v) is 5.86. The molecule has 0 fully saturated rings. The number of nitrogens with two attached hydrogens (primary N) is 3. The Bertz CT molecular complexity index is 946. The average molecular weight is 359 g/mol. The summed E-state index contributed by atoms with van der Waals surface area (Å²) < 4.78 is 5.82. The number of hydrogen-bond donors (Lipinski definition) is 3. The van der Waals surface area contributed by atoms with Gasteiger partial charge < -0.3 is 21.9 Å². The Labute approximate surface area is 158 Å². The van der Waals surface area contributed by atoms with Gasteiger partial charge in [0.15, 0.2) is 5.96 Å². The summed E-state index contributed by atoms with van der Waals surface area (Å²) in [7, 11) is 0. The third kappa shape index (κ3) is 5.34. The molecule has 0 aliphatic carbocycles. The lowest BCUT2D eigenvalue weighted by molar-refractivity contribution is 0.306. The Morgan fingerprint density at radius 2 is 1.52 bits per heavy atom. The van der Waals surface area contributed by atoms with Gasteiger partial charge in [0.25, 0.3) is 0 Å². The predicted octanol–water partition coefficient (Wildman–Crippen LogP) is 3.15. The molecule has 6 N–H and O–H groups in total. The van der Waals surface area contributed by atoms with Gasteiger partial charge in [-0.15, -0.1) is 0 Å². The first-order chi connectivity index (χ1) is 13.1. The van der Waals surface area contributed by atoms with Crippen LogP contribution < -0.4 is 21.9 Å². The van der Waals surface area contributed by atoms with Gasteiger partial charge in [0, 0.05) is 0 Å². The smallest absolute Gasteiger partial charge is 0.223 e. The molecule has 6 nitrogen and oxygen atoms in total. The summed E-state index contributed by atoms with van der Waals surface area (Å²) in [5, 5.41) is 0. The van der Waals surface area contributed by atoms with Crippen LogP contribution in [0.1, 0.15) is 5.56 Å². The number of hydrogen-bond acceptors (Lipinski definition) is 2. The molecule has 0 aromatic heterocycles. The van der Waals surface area contributed by atoms with Crippen molar-refractivity contribution in [1.29, 1.82) is 0 Å². The second-order valence-electron chi connectivity index (χ2n) is 5.86. The fourth-order valence-electron chi connectivity index (χ4n) is 2.53. The minimum atomic E-state index is -0.126. The van der Waals surface area contributed by atoms with E-state index < -0.39 is 0 Å². The summed E-state index contributed by atoms with van der Waals surface area (Å²) in [5.41, 5.74) is 20.1. The maximum Gasteiger partial charge on any atom is 0.223 e. The zero-order valence-electron chi connectivity index (χ0n) is 14.7. The molecule has 0 aliphatic heterocycles. The maximum absolute atomic E-state index is 5.82. The van der Waals surface area contributed by atoms with Crippen molar-refractivity contribution in [2.45, 2.75) is 6.61 Å². The molecule has 3 rings (SSSR count). The van der Waals surface area contributed by atoms with Crippen molar-refractivity contribution >= 4 is 17.6 Å². The van der Waals surface area contributed by atoms with Gasteiger partial charge in [-0.25, -0.2) is 4.99 Å². The van der Waals surface area contributed by atoms with Crippen molar-refractivity contribution in [3.05, 3.63) is 84.4 Å². The molecule has 0 radical (unpaired) electrons. The standard InChI is InChI=1S/C21H21N5O/c22-20(23)26-21(24)25-18-8-4-7-17(13-18)16-9-11-19(12-10-16)27-14-15-5-2-1-3-6-15/h1-13H,14H2,(H6,22,23,24,25,26). The number of rotatable bonds is 5. The quantitative estimate of drug-likeness (QED) is 0.480. The SMILES string of the molecule is NC(N)=NC(N)=Nc1cccc(-c2ccc(OCc3ccccc3)cc2)c1. The Hall–Kier alpha value is -3.80. The molecule has 6 heteroatoms. The highest BCUT2D eigenvalue weighted by Gasteiger charge is 2.02. The van der Waals surface area contributed by atoms with Gasteiger partial charge in [-0.1, -0.05) is 54.6 Å². The van der Waals surface area contributed by atoms with Crippen molar-refractivity contribution in [2.75, 3.05) is 0 Å². The highest BCUT2D eigenvalue weighted by molar-refractivity contribution is 5.93. The van der Waals surface area contributed by atoms with Crippen LogP contribution in [0.25, 0.3) is 11.1 Å². The van der Waals surface area contributed by atoms with Gasteiger partial charge in [0.2, 0.25) is 5.96 Å². The zero-order chi connectivity index (χ0) is 19.1. The highest BCUT2D eigenvalue weighted by atomic mass is 16.5. The van der Waals surface area contributed by atoms with Crippen LogP contribution in [-0.4, -0.2) is 11.9 Å². The first-order valence-corrected chi connectivity index (χ1v) is 8.41. The number of guanidine groups is 2. The molecule has 0 bridgehead atoms. The molecule has 0 saturated carbocycles. The van der Waals surface area contributed by atoms with Crippen LogP contribution in [0.5, 0.6) is 5.75 Å². The van der Waals surface area contributed by atoms with Gasteiger partial charge in [-0.2, -0.15) is 4.99 Å². The lowest BCUT2D eigenvalue weighted by Gasteiger charge is -2.08. The van der Waals surface area contributed by atoms with Crippen molar-refractivity contribution in [2.24, 2.45) is 27.2 Å². The first-order valence-electron chi connectivity index (χ1n) is 8.41. The molecule has 0 atom stereocenters. The second kappa shape index (κ2) is 8.53. The predicted molar refractivity (Wildman–Crippen MR) is 110 cm³/mol. The fraction of sp³-hybridized carbons (Fsp3) is 0.0476. The molecular weight excluding hydrogens is 338 g/mol. The molecule has 0 spiro atoms. The summed E-state index contributed by atoms with van der Waals surface area (Å²) >= 11 is 0. The van der Waals surface area contributed by atoms with Crippen molar-refractivity contribution in [3.63, 3.8) is 0 Å². The van der Waals surface area contributed by atoms with Crippen LogP contribution in [0.2, 0.25) is 0 Å². The van der Waals surface area contributed by atoms with Crippen LogP contribution >= 0.6 is 0 Å². The third-order valence-electron chi connectivity index (χ3n) is 3.77. The normalized spacial score (nSPS) is 11.0. The molecule has 3 aromatic rings. The molecule has 0 aliphatic rings. The fourth-order valence-corrected chi connectivity index (χ4v) is 2.53. The van der Waals surface area contributed by atoms with E-state index in [1.165, 1.54) is 0 Å². The van der Waals surface area contributed by atoms with E-state index >= 15 is 0 Å². The molecule has 3 aromatic carbocycles. The van der Waals surface area contributed by atoms with E-state index in [-0.39, 0.29) is 11.9 Å². The van der Waals surface area contributed by atoms with Crippen LogP contribution in [0.3, 0.4) is 0 Å². The average Bonchev–Trinajstić information content (AvgIpc) is 2.67. The van der Waals surface area contributed by atoms with Gasteiger partial charge in [0.1, 0.15) is 12.4 Å².